The Morgan fingerprint density at radius 2 is 1.67 bits per heavy atom. The van der Waals surface area contributed by atoms with Crippen LogP contribution in [0.3, 0.4) is 0 Å². The molecule has 196 valence electrons. The van der Waals surface area contributed by atoms with Crippen molar-refractivity contribution in [3.8, 4) is 5.75 Å². The summed E-state index contributed by atoms with van der Waals surface area (Å²) >= 11 is 12.9. The lowest BCUT2D eigenvalue weighted by atomic mass is 9.86. The van der Waals surface area contributed by atoms with Crippen molar-refractivity contribution in [1.29, 1.82) is 0 Å². The molecule has 0 heterocycles. The fraction of sp³-hybridized carbons (Fsp3) is 0.517. The van der Waals surface area contributed by atoms with Crippen LogP contribution in [0, 0.1) is 0 Å². The lowest BCUT2D eigenvalue weighted by molar-refractivity contribution is -0.143. The van der Waals surface area contributed by atoms with Crippen LogP contribution in [-0.2, 0) is 21.5 Å². The highest BCUT2D eigenvalue weighted by Crippen LogP contribution is 2.31. The monoisotopic (exact) mass is 532 g/mol. The number of halogens is 2. The van der Waals surface area contributed by atoms with Crippen LogP contribution in [0.5, 0.6) is 5.75 Å². The molecule has 0 bridgehead atoms. The van der Waals surface area contributed by atoms with Gasteiger partial charge < -0.3 is 15.0 Å². The van der Waals surface area contributed by atoms with E-state index in [1.54, 1.807) is 23.1 Å². The van der Waals surface area contributed by atoms with Gasteiger partial charge in [0.2, 0.25) is 5.91 Å². The minimum absolute atomic E-state index is 0.123. The van der Waals surface area contributed by atoms with Gasteiger partial charge in [0.05, 0.1) is 0 Å². The van der Waals surface area contributed by atoms with Crippen LogP contribution in [-0.4, -0.2) is 35.4 Å². The van der Waals surface area contributed by atoms with Gasteiger partial charge in [-0.15, -0.1) is 0 Å². The minimum atomic E-state index is -0.659. The number of hydrogen-bond acceptors (Lipinski definition) is 3. The molecular formula is C29H38Cl2N2O3. The number of hydrogen-bond donors (Lipinski definition) is 1. The summed E-state index contributed by atoms with van der Waals surface area (Å²) in [7, 11) is 0. The number of nitrogens with one attached hydrogen (secondary N) is 1. The van der Waals surface area contributed by atoms with Crippen molar-refractivity contribution in [3.63, 3.8) is 0 Å². The number of para-hydroxylation sites is 1. The Labute approximate surface area is 225 Å². The second-order valence-corrected chi connectivity index (χ2v) is 11.3. The molecule has 0 aromatic heterocycles. The Morgan fingerprint density at radius 1 is 1.03 bits per heavy atom. The molecule has 2 aromatic carbocycles. The van der Waals surface area contributed by atoms with Crippen molar-refractivity contribution < 1.29 is 14.3 Å². The average molecular weight is 534 g/mol. The van der Waals surface area contributed by atoms with Gasteiger partial charge in [0.25, 0.3) is 5.91 Å². The van der Waals surface area contributed by atoms with Crippen LogP contribution in [0.1, 0.15) is 77.3 Å². The maximum absolute atomic E-state index is 13.6. The van der Waals surface area contributed by atoms with E-state index in [9.17, 15) is 9.59 Å². The minimum Gasteiger partial charge on any atom is -0.483 e. The molecule has 7 heteroatoms. The van der Waals surface area contributed by atoms with Crippen LogP contribution in [0.15, 0.2) is 42.5 Å². The van der Waals surface area contributed by atoms with Gasteiger partial charge in [0.15, 0.2) is 6.61 Å². The highest BCUT2D eigenvalue weighted by molar-refractivity contribution is 6.36. The summed E-state index contributed by atoms with van der Waals surface area (Å²) in [5.41, 5.74) is 1.49. The van der Waals surface area contributed by atoms with E-state index in [1.165, 1.54) is 6.42 Å². The van der Waals surface area contributed by atoms with E-state index in [4.69, 9.17) is 27.9 Å². The summed E-state index contributed by atoms with van der Waals surface area (Å²) in [6, 6.07) is 12.5. The predicted octanol–water partition coefficient (Wildman–Crippen LogP) is 6.93. The van der Waals surface area contributed by atoms with Crippen molar-refractivity contribution in [2.24, 2.45) is 0 Å². The summed E-state index contributed by atoms with van der Waals surface area (Å²) in [6.07, 6.45) is 5.83. The van der Waals surface area contributed by atoms with Crippen molar-refractivity contribution in [2.45, 2.75) is 90.3 Å². The van der Waals surface area contributed by atoms with Gasteiger partial charge in [-0.1, -0.05) is 94.4 Å². The first-order valence-corrected chi connectivity index (χ1v) is 13.6. The van der Waals surface area contributed by atoms with E-state index in [2.05, 4.69) is 26.1 Å². The largest absolute Gasteiger partial charge is 0.483 e. The van der Waals surface area contributed by atoms with E-state index in [0.717, 1.165) is 31.2 Å². The van der Waals surface area contributed by atoms with Crippen LogP contribution in [0.2, 0.25) is 10.0 Å². The summed E-state index contributed by atoms with van der Waals surface area (Å²) in [4.78, 5) is 28.6. The fourth-order valence-electron chi connectivity index (χ4n) is 4.75. The molecule has 1 atom stereocenters. The third kappa shape index (κ3) is 7.39. The average Bonchev–Trinajstić information content (AvgIpc) is 2.84. The van der Waals surface area contributed by atoms with Gasteiger partial charge in [-0.05, 0) is 48.4 Å². The molecule has 1 unspecified atom stereocenters. The Bertz CT molecular complexity index is 1020. The summed E-state index contributed by atoms with van der Waals surface area (Å²) in [6.45, 7) is 8.15. The molecule has 1 N–H and O–H groups in total. The molecule has 2 amide bonds. The third-order valence-electron chi connectivity index (χ3n) is 6.77. The number of carbonyl (C=O) groups excluding carboxylic acids is 2. The van der Waals surface area contributed by atoms with E-state index >= 15 is 0 Å². The SMILES string of the molecule is CCC(C(=O)NC1CCCCC1)N(Cc1c(Cl)cccc1Cl)C(=O)COc1ccccc1C(C)(C)C. The van der Waals surface area contributed by atoms with Gasteiger partial charge in [0.1, 0.15) is 11.8 Å². The van der Waals surface area contributed by atoms with Crippen molar-refractivity contribution in [2.75, 3.05) is 6.61 Å². The van der Waals surface area contributed by atoms with E-state index in [0.29, 0.717) is 27.8 Å². The zero-order chi connectivity index (χ0) is 26.3. The van der Waals surface area contributed by atoms with Gasteiger partial charge in [0, 0.05) is 28.2 Å². The zero-order valence-electron chi connectivity index (χ0n) is 21.8. The summed E-state index contributed by atoms with van der Waals surface area (Å²) in [5.74, 6) is 0.227. The summed E-state index contributed by atoms with van der Waals surface area (Å²) in [5, 5.41) is 4.10. The molecule has 2 aromatic rings. The maximum atomic E-state index is 13.6. The highest BCUT2D eigenvalue weighted by atomic mass is 35.5. The van der Waals surface area contributed by atoms with Gasteiger partial charge in [-0.3, -0.25) is 9.59 Å². The van der Waals surface area contributed by atoms with Crippen molar-refractivity contribution in [1.82, 2.24) is 10.2 Å². The lowest BCUT2D eigenvalue weighted by Crippen LogP contribution is -2.52. The zero-order valence-corrected chi connectivity index (χ0v) is 23.3. The Hall–Kier alpha value is -2.24. The number of carbonyl (C=O) groups is 2. The molecule has 1 aliphatic rings. The van der Waals surface area contributed by atoms with E-state index < -0.39 is 6.04 Å². The number of nitrogens with zero attached hydrogens (tertiary/aromatic N) is 1. The van der Waals surface area contributed by atoms with Crippen molar-refractivity contribution in [3.05, 3.63) is 63.6 Å². The first-order valence-electron chi connectivity index (χ1n) is 12.9. The molecule has 36 heavy (non-hydrogen) atoms. The first kappa shape index (κ1) is 28.3. The van der Waals surface area contributed by atoms with Gasteiger partial charge in [-0.25, -0.2) is 0 Å². The lowest BCUT2D eigenvalue weighted by Gasteiger charge is -2.33. The molecular weight excluding hydrogens is 495 g/mol. The Balaban J connectivity index is 1.85. The maximum Gasteiger partial charge on any atom is 0.261 e. The molecule has 0 radical (unpaired) electrons. The molecule has 0 saturated heterocycles. The molecule has 1 aliphatic carbocycles. The number of benzene rings is 2. The first-order chi connectivity index (χ1) is 17.1. The van der Waals surface area contributed by atoms with Gasteiger partial charge in [-0.2, -0.15) is 0 Å². The molecule has 1 saturated carbocycles. The van der Waals surface area contributed by atoms with E-state index in [1.807, 2.05) is 31.2 Å². The van der Waals surface area contributed by atoms with Crippen LogP contribution in [0.4, 0.5) is 0 Å². The number of ether oxygens (including phenoxy) is 1. The fourth-order valence-corrected chi connectivity index (χ4v) is 5.27. The molecule has 3 rings (SSSR count). The Kier molecular flexibility index (Phi) is 10.1. The van der Waals surface area contributed by atoms with Crippen LogP contribution >= 0.6 is 23.2 Å². The van der Waals surface area contributed by atoms with E-state index in [-0.39, 0.29) is 36.4 Å². The molecule has 1 fully saturated rings. The smallest absolute Gasteiger partial charge is 0.261 e. The highest BCUT2D eigenvalue weighted by Gasteiger charge is 2.32. The normalized spacial score (nSPS) is 15.3. The second-order valence-electron chi connectivity index (χ2n) is 10.5. The van der Waals surface area contributed by atoms with Crippen molar-refractivity contribution >= 4 is 35.0 Å². The molecule has 0 spiro atoms. The molecule has 0 aliphatic heterocycles. The summed E-state index contributed by atoms with van der Waals surface area (Å²) < 4.78 is 6.04. The molecule has 5 nitrogen and oxygen atoms in total. The van der Waals surface area contributed by atoms with Crippen LogP contribution in [0.25, 0.3) is 0 Å². The predicted molar refractivity (Wildman–Crippen MR) is 147 cm³/mol. The standard InChI is InChI=1S/C29H38Cl2N2O3/c1-5-25(28(35)32-20-12-7-6-8-13-20)33(18-21-23(30)15-11-16-24(21)31)27(34)19-36-26-17-10-9-14-22(26)29(2,3)4/h9-11,14-17,20,25H,5-8,12-13,18-19H2,1-4H3,(H,32,35). The van der Waals surface area contributed by atoms with Gasteiger partial charge >= 0.3 is 0 Å². The second kappa shape index (κ2) is 12.8. The van der Waals surface area contributed by atoms with Crippen LogP contribution < -0.4 is 10.1 Å². The number of rotatable bonds is 9. The third-order valence-corrected chi connectivity index (χ3v) is 7.48. The topological polar surface area (TPSA) is 58.6 Å². The Morgan fingerprint density at radius 3 is 2.28 bits per heavy atom. The quantitative estimate of drug-likeness (QED) is 0.381. The number of amides is 2.